The Balaban J connectivity index is 0.000000379. The molecule has 2 N–H and O–H groups in total. The van der Waals surface area contributed by atoms with Crippen molar-refractivity contribution in [1.29, 1.82) is 0 Å². The number of hydrogen-bond acceptors (Lipinski definition) is 1. The van der Waals surface area contributed by atoms with Crippen molar-refractivity contribution in [3.05, 3.63) is 60.7 Å². The molecule has 2 aliphatic carbocycles. The van der Waals surface area contributed by atoms with Crippen molar-refractivity contribution in [2.45, 2.75) is 70.0 Å². The maximum Gasteiger partial charge on any atom is 0.00450 e. The van der Waals surface area contributed by atoms with E-state index in [1.807, 2.05) is 0 Å². The van der Waals surface area contributed by atoms with Crippen LogP contribution in [0.5, 0.6) is 0 Å². The third-order valence-electron chi connectivity index (χ3n) is 5.86. The molecule has 2 aromatic carbocycles. The summed E-state index contributed by atoms with van der Waals surface area (Å²) in [5, 5.41) is 2.99. The minimum atomic E-state index is -0.304. The van der Waals surface area contributed by atoms with Crippen molar-refractivity contribution < 1.29 is 17.1 Å². The zero-order valence-corrected chi connectivity index (χ0v) is 18.5. The summed E-state index contributed by atoms with van der Waals surface area (Å²) in [5.74, 6) is 0.663. The van der Waals surface area contributed by atoms with Gasteiger partial charge in [0.25, 0.3) is 0 Å². The molecule has 148 valence electrons. The summed E-state index contributed by atoms with van der Waals surface area (Å²) < 4.78 is 0. The van der Waals surface area contributed by atoms with Crippen LogP contribution in [-0.2, 0) is 17.1 Å². The van der Waals surface area contributed by atoms with Crippen LogP contribution in [0.25, 0.3) is 0 Å². The Morgan fingerprint density at radius 1 is 0.741 bits per heavy atom. The number of benzene rings is 2. The van der Waals surface area contributed by atoms with Crippen LogP contribution in [0.1, 0.15) is 58.3 Å². The Morgan fingerprint density at radius 2 is 1.19 bits per heavy atom. The molecule has 2 unspecified atom stereocenters. The van der Waals surface area contributed by atoms with Crippen molar-refractivity contribution >= 4 is 18.5 Å². The van der Waals surface area contributed by atoms with E-state index in [4.69, 9.17) is 5.73 Å². The third-order valence-corrected chi connectivity index (χ3v) is 8.87. The smallest absolute Gasteiger partial charge is 0.00450 e. The van der Waals surface area contributed by atoms with Crippen molar-refractivity contribution in [1.82, 2.24) is 0 Å². The van der Waals surface area contributed by atoms with Crippen LogP contribution < -0.4 is 16.3 Å². The van der Waals surface area contributed by atoms with Gasteiger partial charge in [-0.25, -0.2) is 0 Å². The molecule has 0 saturated heterocycles. The molecule has 2 saturated carbocycles. The molecule has 0 heterocycles. The molecular weight excluding hydrogens is 389 g/mol. The molecule has 3 heteroatoms. The summed E-state index contributed by atoms with van der Waals surface area (Å²) >= 11 is 0. The molecule has 2 fully saturated rings. The largest absolute Gasteiger partial charge is 0.328 e. The van der Waals surface area contributed by atoms with Crippen LogP contribution in [0.4, 0.5) is 0 Å². The van der Waals surface area contributed by atoms with Crippen LogP contribution in [0.2, 0.25) is 0 Å². The Hall–Kier alpha value is -0.651. The van der Waals surface area contributed by atoms with Gasteiger partial charge < -0.3 is 5.73 Å². The van der Waals surface area contributed by atoms with Crippen LogP contribution in [-0.4, -0.2) is 11.7 Å². The van der Waals surface area contributed by atoms with E-state index in [2.05, 4.69) is 67.6 Å². The maximum atomic E-state index is 6.29. The fraction of sp³-hybridized carbons (Fsp3) is 0.500. The average Bonchev–Trinajstić information content (AvgIpc) is 3.39. The summed E-state index contributed by atoms with van der Waals surface area (Å²) in [6, 6.07) is 22.4. The first-order valence-electron chi connectivity index (χ1n) is 10.4. The quantitative estimate of drug-likeness (QED) is 0.504. The Bertz CT molecular complexity index is 580. The molecular formula is C24H34FeNP. The SMILES string of the molecule is C1CCCC1.C[C@@H](N)C1CCCC1P(c1ccccc1)c1ccccc1.[Fe]. The van der Waals surface area contributed by atoms with Crippen LogP contribution >= 0.6 is 7.92 Å². The normalized spacial score (nSPS) is 22.6. The zero-order chi connectivity index (χ0) is 18.2. The van der Waals surface area contributed by atoms with Crippen molar-refractivity contribution in [2.24, 2.45) is 11.7 Å². The molecule has 2 aliphatic rings. The van der Waals surface area contributed by atoms with Gasteiger partial charge in [0.15, 0.2) is 0 Å². The molecule has 0 spiro atoms. The molecule has 0 aliphatic heterocycles. The second-order valence-corrected chi connectivity index (χ2v) is 10.3. The van der Waals surface area contributed by atoms with Gasteiger partial charge >= 0.3 is 0 Å². The minimum Gasteiger partial charge on any atom is -0.328 e. The molecule has 27 heavy (non-hydrogen) atoms. The van der Waals surface area contributed by atoms with Crippen molar-refractivity contribution in [3.8, 4) is 0 Å². The van der Waals surface area contributed by atoms with E-state index in [9.17, 15) is 0 Å². The summed E-state index contributed by atoms with van der Waals surface area (Å²) in [7, 11) is -0.304. The summed E-state index contributed by atoms with van der Waals surface area (Å²) in [6.45, 7) is 2.19. The third kappa shape index (κ3) is 6.43. The number of rotatable bonds is 4. The molecule has 1 nitrogen and oxygen atoms in total. The summed E-state index contributed by atoms with van der Waals surface area (Å²) in [6.07, 6.45) is 11.4. The van der Waals surface area contributed by atoms with E-state index < -0.39 is 0 Å². The molecule has 3 atom stereocenters. The zero-order valence-electron chi connectivity index (χ0n) is 16.5. The fourth-order valence-corrected chi connectivity index (χ4v) is 7.79. The van der Waals surface area contributed by atoms with Crippen LogP contribution in [0.3, 0.4) is 0 Å². The second-order valence-electron chi connectivity index (χ2n) is 7.83. The number of nitrogens with two attached hydrogens (primary N) is 1. The van der Waals surface area contributed by atoms with Crippen LogP contribution in [0, 0.1) is 5.92 Å². The van der Waals surface area contributed by atoms with Gasteiger partial charge in [-0.15, -0.1) is 0 Å². The van der Waals surface area contributed by atoms with E-state index in [1.165, 1.54) is 62.0 Å². The Kier molecular flexibility index (Phi) is 10.1. The predicted octanol–water partition coefficient (Wildman–Crippen LogP) is 5.58. The fourth-order valence-electron chi connectivity index (χ4n) is 4.50. The first-order valence-corrected chi connectivity index (χ1v) is 11.8. The standard InChI is InChI=1S/C19H24NP.C5H10.Fe/c1-15(20)18-13-8-14-19(18)21(16-9-4-2-5-10-16)17-11-6-3-7-12-17;1-2-4-5-3-1;/h2-7,9-12,15,18-19H,8,13-14,20H2,1H3;1-5H2;/t15-,18?,19?;;/m1../s1. The molecule has 0 radical (unpaired) electrons. The van der Waals surface area contributed by atoms with Gasteiger partial charge in [-0.05, 0) is 49.9 Å². The molecule has 4 rings (SSSR count). The van der Waals surface area contributed by atoms with E-state index in [-0.39, 0.29) is 25.0 Å². The Morgan fingerprint density at radius 3 is 1.59 bits per heavy atom. The van der Waals surface area contributed by atoms with Gasteiger partial charge in [0.1, 0.15) is 0 Å². The van der Waals surface area contributed by atoms with Crippen molar-refractivity contribution in [3.63, 3.8) is 0 Å². The van der Waals surface area contributed by atoms with E-state index in [0.29, 0.717) is 12.0 Å². The van der Waals surface area contributed by atoms with E-state index in [1.54, 1.807) is 0 Å². The average molecular weight is 423 g/mol. The van der Waals surface area contributed by atoms with Gasteiger partial charge in [-0.3, -0.25) is 0 Å². The molecule has 0 aromatic heterocycles. The topological polar surface area (TPSA) is 26.0 Å². The summed E-state index contributed by atoms with van der Waals surface area (Å²) in [4.78, 5) is 0. The van der Waals surface area contributed by atoms with Gasteiger partial charge in [0, 0.05) is 23.1 Å². The molecule has 0 amide bonds. The number of hydrogen-bond donors (Lipinski definition) is 1. The molecule has 2 aromatic rings. The van der Waals surface area contributed by atoms with Gasteiger partial charge in [0.2, 0.25) is 0 Å². The first-order chi connectivity index (χ1) is 12.8. The van der Waals surface area contributed by atoms with E-state index >= 15 is 0 Å². The monoisotopic (exact) mass is 423 g/mol. The van der Waals surface area contributed by atoms with Gasteiger partial charge in [-0.2, -0.15) is 0 Å². The minimum absolute atomic E-state index is 0. The van der Waals surface area contributed by atoms with Gasteiger partial charge in [0.05, 0.1) is 0 Å². The van der Waals surface area contributed by atoms with E-state index in [0.717, 1.165) is 5.66 Å². The Labute approximate surface area is 177 Å². The first kappa shape index (κ1) is 22.6. The predicted molar refractivity (Wildman–Crippen MR) is 117 cm³/mol. The van der Waals surface area contributed by atoms with Gasteiger partial charge in [-0.1, -0.05) is 99.2 Å². The second kappa shape index (κ2) is 12.0. The maximum absolute atomic E-state index is 6.29. The summed E-state index contributed by atoms with van der Waals surface area (Å²) in [5.41, 5.74) is 7.02. The molecule has 0 bridgehead atoms. The van der Waals surface area contributed by atoms with Crippen molar-refractivity contribution in [2.75, 3.05) is 0 Å². The van der Waals surface area contributed by atoms with Crippen LogP contribution in [0.15, 0.2) is 60.7 Å².